The van der Waals surface area contributed by atoms with Gasteiger partial charge in [0.25, 0.3) is 5.89 Å². The molecular formula is C29H28N4OS. The van der Waals surface area contributed by atoms with Gasteiger partial charge in [0.05, 0.1) is 11.6 Å². The predicted octanol–water partition coefficient (Wildman–Crippen LogP) is 6.78. The van der Waals surface area contributed by atoms with Gasteiger partial charge >= 0.3 is 0 Å². The maximum atomic E-state index is 5.88. The molecule has 1 aliphatic rings. The molecule has 0 radical (unpaired) electrons. The molecule has 0 saturated heterocycles. The van der Waals surface area contributed by atoms with Crippen LogP contribution in [0.4, 0.5) is 5.69 Å². The molecule has 0 spiro atoms. The molecule has 1 N–H and O–H groups in total. The first-order valence-electron chi connectivity index (χ1n) is 11.8. The van der Waals surface area contributed by atoms with Crippen molar-refractivity contribution in [1.82, 2.24) is 15.5 Å². The minimum absolute atomic E-state index is 0.211. The number of aryl methyl sites for hydroxylation is 3. The molecule has 1 aromatic heterocycles. The van der Waals surface area contributed by atoms with Crippen LogP contribution in [0, 0.1) is 13.8 Å². The Morgan fingerprint density at radius 1 is 0.943 bits per heavy atom. The fraction of sp³-hybridized carbons (Fsp3) is 0.207. The average Bonchev–Trinajstić information content (AvgIpc) is 3.36. The number of nitrogens with one attached hydrogen (secondary N) is 1. The lowest BCUT2D eigenvalue weighted by molar-refractivity contribution is 0.404. The van der Waals surface area contributed by atoms with Crippen LogP contribution in [0.1, 0.15) is 48.0 Å². The number of thiocarbonyl (C=S) groups is 1. The van der Waals surface area contributed by atoms with Crippen LogP contribution < -0.4 is 10.2 Å². The summed E-state index contributed by atoms with van der Waals surface area (Å²) in [6, 6.07) is 24.6. The fourth-order valence-electron chi connectivity index (χ4n) is 4.44. The number of benzene rings is 3. The predicted molar refractivity (Wildman–Crippen MR) is 145 cm³/mol. The molecule has 1 unspecified atom stereocenters. The minimum Gasteiger partial charge on any atom is -0.351 e. The topological polar surface area (TPSA) is 54.2 Å². The average molecular weight is 481 g/mol. The van der Waals surface area contributed by atoms with Crippen molar-refractivity contribution in [2.75, 3.05) is 4.90 Å². The summed E-state index contributed by atoms with van der Waals surface area (Å²) in [4.78, 5) is 6.85. The molecule has 2 heterocycles. The third kappa shape index (κ3) is 4.37. The summed E-state index contributed by atoms with van der Waals surface area (Å²) in [5.41, 5.74) is 8.64. The van der Waals surface area contributed by atoms with Crippen LogP contribution in [-0.4, -0.2) is 15.3 Å². The van der Waals surface area contributed by atoms with E-state index >= 15 is 0 Å². The van der Waals surface area contributed by atoms with Gasteiger partial charge in [0.1, 0.15) is 0 Å². The van der Waals surface area contributed by atoms with E-state index in [1.807, 2.05) is 35.2 Å². The highest BCUT2D eigenvalue weighted by Crippen LogP contribution is 2.39. The van der Waals surface area contributed by atoms with Gasteiger partial charge in [-0.25, -0.2) is 0 Å². The normalized spacial score (nSPS) is 15.9. The number of aromatic nitrogens is 2. The van der Waals surface area contributed by atoms with E-state index < -0.39 is 0 Å². The minimum atomic E-state index is -0.211. The van der Waals surface area contributed by atoms with E-state index in [0.717, 1.165) is 34.5 Å². The van der Waals surface area contributed by atoms with Crippen LogP contribution in [0.15, 0.2) is 83.0 Å². The lowest BCUT2D eigenvalue weighted by Crippen LogP contribution is -2.46. The van der Waals surface area contributed by atoms with Gasteiger partial charge in [-0.2, -0.15) is 4.98 Å². The largest absolute Gasteiger partial charge is 0.351 e. The Balaban J connectivity index is 1.65. The van der Waals surface area contributed by atoms with Crippen LogP contribution in [0.25, 0.3) is 17.0 Å². The molecule has 1 aliphatic heterocycles. The monoisotopic (exact) mass is 480 g/mol. The van der Waals surface area contributed by atoms with Gasteiger partial charge in [0.15, 0.2) is 5.11 Å². The van der Waals surface area contributed by atoms with Gasteiger partial charge in [0, 0.05) is 16.9 Å². The Morgan fingerprint density at radius 3 is 2.37 bits per heavy atom. The third-order valence-electron chi connectivity index (χ3n) is 6.64. The van der Waals surface area contributed by atoms with E-state index in [1.54, 1.807) is 0 Å². The molecule has 0 amide bonds. The Labute approximate surface area is 211 Å². The maximum absolute atomic E-state index is 5.88. The van der Waals surface area contributed by atoms with Crippen molar-refractivity contribution in [3.05, 3.63) is 107 Å². The second-order valence-electron chi connectivity index (χ2n) is 8.87. The van der Waals surface area contributed by atoms with Gasteiger partial charge in [-0.05, 0) is 73.8 Å². The molecule has 3 aromatic carbocycles. The lowest BCUT2D eigenvalue weighted by Gasteiger charge is -2.37. The Morgan fingerprint density at radius 2 is 1.69 bits per heavy atom. The number of anilines is 1. The Hall–Kier alpha value is -3.77. The van der Waals surface area contributed by atoms with Crippen molar-refractivity contribution < 1.29 is 4.52 Å². The van der Waals surface area contributed by atoms with Gasteiger partial charge in [-0.3, -0.25) is 4.90 Å². The summed E-state index contributed by atoms with van der Waals surface area (Å²) >= 11 is 5.88. The van der Waals surface area contributed by atoms with Crippen molar-refractivity contribution in [2.24, 2.45) is 0 Å². The van der Waals surface area contributed by atoms with Gasteiger partial charge < -0.3 is 9.84 Å². The van der Waals surface area contributed by atoms with E-state index in [2.05, 4.69) is 80.6 Å². The molecule has 0 saturated carbocycles. The zero-order chi connectivity index (χ0) is 24.5. The van der Waals surface area contributed by atoms with Crippen LogP contribution in [0.5, 0.6) is 0 Å². The van der Waals surface area contributed by atoms with Crippen molar-refractivity contribution in [1.29, 1.82) is 0 Å². The first-order chi connectivity index (χ1) is 17.0. The first kappa shape index (κ1) is 23.0. The molecule has 35 heavy (non-hydrogen) atoms. The standard InChI is InChI=1S/C29H28N4OS/c1-5-21-12-15-24(16-13-21)33-20(4)25(28-31-27(32-34-28)22-9-7-6-8-10-22)26(30-29(33)35)23-14-11-18(2)19(3)17-23/h6-17,26H,5H2,1-4H3,(H,30,35). The van der Waals surface area contributed by atoms with Crippen molar-refractivity contribution in [3.63, 3.8) is 0 Å². The number of hydrogen-bond acceptors (Lipinski definition) is 4. The molecule has 0 aliphatic carbocycles. The molecular weight excluding hydrogens is 452 g/mol. The third-order valence-corrected chi connectivity index (χ3v) is 6.94. The van der Waals surface area contributed by atoms with Gasteiger partial charge in [-0.15, -0.1) is 0 Å². The lowest BCUT2D eigenvalue weighted by atomic mass is 9.92. The quantitative estimate of drug-likeness (QED) is 0.318. The summed E-state index contributed by atoms with van der Waals surface area (Å²) in [6.45, 7) is 8.46. The summed E-state index contributed by atoms with van der Waals surface area (Å²) in [7, 11) is 0. The highest BCUT2D eigenvalue weighted by molar-refractivity contribution is 7.80. The van der Waals surface area contributed by atoms with E-state index in [-0.39, 0.29) is 6.04 Å². The SMILES string of the molecule is CCc1ccc(N2C(=S)NC(c3ccc(C)c(C)c3)C(c3nc(-c4ccccc4)no3)=C2C)cc1. The van der Waals surface area contributed by atoms with Gasteiger partial charge in [-0.1, -0.05) is 72.7 Å². The van der Waals surface area contributed by atoms with E-state index in [4.69, 9.17) is 21.7 Å². The van der Waals surface area contributed by atoms with Gasteiger partial charge in [0.2, 0.25) is 5.82 Å². The van der Waals surface area contributed by atoms with Crippen LogP contribution in [0.2, 0.25) is 0 Å². The van der Waals surface area contributed by atoms with E-state index in [1.165, 1.54) is 16.7 Å². The summed E-state index contributed by atoms with van der Waals surface area (Å²) in [5.74, 6) is 1.04. The van der Waals surface area contributed by atoms with Crippen LogP contribution in [0.3, 0.4) is 0 Å². The summed E-state index contributed by atoms with van der Waals surface area (Å²) in [6.07, 6.45) is 0.988. The van der Waals surface area contributed by atoms with E-state index in [9.17, 15) is 0 Å². The molecule has 5 rings (SSSR count). The second kappa shape index (κ2) is 9.47. The maximum Gasteiger partial charge on any atom is 0.258 e. The number of nitrogens with zero attached hydrogens (tertiary/aromatic N) is 3. The number of allylic oxidation sites excluding steroid dienone is 1. The fourth-order valence-corrected chi connectivity index (χ4v) is 4.80. The summed E-state index contributed by atoms with van der Waals surface area (Å²) < 4.78 is 5.86. The molecule has 0 bridgehead atoms. The molecule has 1 atom stereocenters. The van der Waals surface area contributed by atoms with E-state index in [0.29, 0.717) is 16.8 Å². The zero-order valence-corrected chi connectivity index (χ0v) is 21.2. The van der Waals surface area contributed by atoms with Crippen molar-refractivity contribution >= 4 is 28.6 Å². The Bertz CT molecular complexity index is 1410. The van der Waals surface area contributed by atoms with Crippen LogP contribution >= 0.6 is 12.2 Å². The van der Waals surface area contributed by atoms with Crippen molar-refractivity contribution in [2.45, 2.75) is 40.2 Å². The highest BCUT2D eigenvalue weighted by Gasteiger charge is 2.35. The molecule has 4 aromatic rings. The smallest absolute Gasteiger partial charge is 0.258 e. The second-order valence-corrected chi connectivity index (χ2v) is 9.26. The number of rotatable bonds is 5. The zero-order valence-electron chi connectivity index (χ0n) is 20.4. The van der Waals surface area contributed by atoms with Crippen molar-refractivity contribution in [3.8, 4) is 11.4 Å². The first-order valence-corrected chi connectivity index (χ1v) is 12.2. The van der Waals surface area contributed by atoms with Crippen LogP contribution in [-0.2, 0) is 6.42 Å². The molecule has 6 heteroatoms. The molecule has 176 valence electrons. The summed E-state index contributed by atoms with van der Waals surface area (Å²) in [5, 5.41) is 8.49. The number of hydrogen-bond donors (Lipinski definition) is 1. The highest BCUT2D eigenvalue weighted by atomic mass is 32.1. The molecule has 0 fully saturated rings. The molecule has 5 nitrogen and oxygen atoms in total. The Kier molecular flexibility index (Phi) is 6.22.